The molecule has 4 nitrogen and oxygen atoms in total. The lowest BCUT2D eigenvalue weighted by Crippen LogP contribution is -2.01. The van der Waals surface area contributed by atoms with Crippen molar-refractivity contribution in [3.05, 3.63) is 24.0 Å². The van der Waals surface area contributed by atoms with Crippen LogP contribution >= 0.6 is 58.7 Å². The van der Waals surface area contributed by atoms with Crippen LogP contribution in [0.25, 0.3) is 11.0 Å². The van der Waals surface area contributed by atoms with Crippen LogP contribution in [0.2, 0.25) is 0 Å². The van der Waals surface area contributed by atoms with Gasteiger partial charge in [0.1, 0.15) is 11.9 Å². The molecule has 1 aromatic heterocycles. The van der Waals surface area contributed by atoms with Gasteiger partial charge < -0.3 is 4.98 Å². The summed E-state index contributed by atoms with van der Waals surface area (Å²) in [6.07, 6.45) is 0. The van der Waals surface area contributed by atoms with E-state index in [9.17, 15) is 0 Å². The van der Waals surface area contributed by atoms with Crippen LogP contribution in [0.5, 0.6) is 0 Å². The van der Waals surface area contributed by atoms with E-state index < -0.39 is 3.79 Å². The molecule has 1 N–H and O–H groups in total. The first-order chi connectivity index (χ1) is 8.00. The Hall–Kier alpha value is 0.120. The Labute approximate surface area is 121 Å². The van der Waals surface area contributed by atoms with Gasteiger partial charge in [0, 0.05) is 4.90 Å². The summed E-state index contributed by atoms with van der Waals surface area (Å²) < 4.78 is 6.89. The summed E-state index contributed by atoms with van der Waals surface area (Å²) in [7, 11) is 0. The molecule has 0 saturated carbocycles. The molecular formula is C8H4Cl4N2O2S. The molecule has 0 bridgehead atoms. The van der Waals surface area contributed by atoms with E-state index in [1.807, 2.05) is 0 Å². The van der Waals surface area contributed by atoms with Crippen molar-refractivity contribution in [2.45, 2.75) is 8.69 Å². The maximum Gasteiger partial charge on any atom is 0.248 e. The molecule has 1 heterocycles. The number of nitrogens with one attached hydrogen (secondary N) is 1. The fraction of sp³-hybridized carbons (Fsp3) is 0.125. The Morgan fingerprint density at radius 1 is 1.29 bits per heavy atom. The first-order valence-corrected chi connectivity index (χ1v) is 6.38. The van der Waals surface area contributed by atoms with Gasteiger partial charge in [0.05, 0.1) is 23.1 Å². The number of nitrogens with zero attached hydrogens (tertiary/aromatic N) is 1. The van der Waals surface area contributed by atoms with Crippen LogP contribution in [0, 0.1) is 0 Å². The molecule has 0 saturated heterocycles. The van der Waals surface area contributed by atoms with E-state index in [0.29, 0.717) is 5.52 Å². The highest BCUT2D eigenvalue weighted by atomic mass is 35.6. The van der Waals surface area contributed by atoms with Gasteiger partial charge in [-0.05, 0) is 18.2 Å². The second kappa shape index (κ2) is 5.40. The average molecular weight is 334 g/mol. The number of hydrogen-bond acceptors (Lipinski definition) is 4. The normalized spacial score (nSPS) is 12.2. The van der Waals surface area contributed by atoms with Crippen LogP contribution in [0.15, 0.2) is 23.1 Å². The second-order valence-corrected chi connectivity index (χ2v) is 6.16. The molecule has 0 radical (unpaired) electrons. The number of hydrogen-bond donors (Lipinski definition) is 1. The molecule has 0 aliphatic heterocycles. The monoisotopic (exact) mass is 332 g/mol. The fourth-order valence-corrected chi connectivity index (χ4v) is 1.97. The van der Waals surface area contributed by atoms with Crippen LogP contribution in [0.1, 0.15) is 5.82 Å². The van der Waals surface area contributed by atoms with Crippen LogP contribution in [-0.2, 0) is 12.6 Å². The predicted octanol–water partition coefficient (Wildman–Crippen LogP) is 4.50. The number of aromatic nitrogens is 2. The molecule has 2 rings (SSSR count). The van der Waals surface area contributed by atoms with Crippen molar-refractivity contribution in [2.75, 3.05) is 0 Å². The minimum absolute atomic E-state index is 0.258. The minimum Gasteiger partial charge on any atom is -0.338 e. The SMILES string of the molecule is ClOOSc1ccc2nc(C(Cl)(Cl)Cl)[nH]c2c1. The van der Waals surface area contributed by atoms with Crippen LogP contribution < -0.4 is 0 Å². The molecule has 0 aliphatic rings. The van der Waals surface area contributed by atoms with Gasteiger partial charge in [-0.1, -0.05) is 34.8 Å². The van der Waals surface area contributed by atoms with E-state index in [1.54, 1.807) is 18.2 Å². The molecule has 0 spiro atoms. The summed E-state index contributed by atoms with van der Waals surface area (Å²) in [5.41, 5.74) is 1.40. The first-order valence-electron chi connectivity index (χ1n) is 4.19. The summed E-state index contributed by atoms with van der Waals surface area (Å²) >= 11 is 23.0. The average Bonchev–Trinajstić information content (AvgIpc) is 2.68. The molecule has 9 heteroatoms. The lowest BCUT2D eigenvalue weighted by atomic mass is 10.3. The zero-order valence-corrected chi connectivity index (χ0v) is 11.8. The topological polar surface area (TPSA) is 47.1 Å². The third-order valence-electron chi connectivity index (χ3n) is 1.88. The molecule has 2 aromatic rings. The Balaban J connectivity index is 2.34. The quantitative estimate of drug-likeness (QED) is 0.389. The molecular weight excluding hydrogens is 330 g/mol. The molecule has 0 fully saturated rings. The van der Waals surface area contributed by atoms with E-state index in [1.165, 1.54) is 0 Å². The van der Waals surface area contributed by atoms with Gasteiger partial charge in [-0.3, -0.25) is 0 Å². The number of benzene rings is 1. The van der Waals surface area contributed by atoms with Crippen molar-refractivity contribution in [3.8, 4) is 0 Å². The second-order valence-electron chi connectivity index (χ2n) is 2.98. The van der Waals surface area contributed by atoms with Crippen molar-refractivity contribution in [2.24, 2.45) is 0 Å². The Morgan fingerprint density at radius 2 is 2.06 bits per heavy atom. The predicted molar refractivity (Wildman–Crippen MR) is 69.2 cm³/mol. The summed E-state index contributed by atoms with van der Waals surface area (Å²) in [6.45, 7) is 0. The van der Waals surface area contributed by atoms with Gasteiger partial charge in [0.15, 0.2) is 5.82 Å². The molecule has 0 atom stereocenters. The van der Waals surface area contributed by atoms with Crippen LogP contribution in [0.4, 0.5) is 0 Å². The summed E-state index contributed by atoms with van der Waals surface area (Å²) in [4.78, 5) is 7.81. The molecule has 0 amide bonds. The van der Waals surface area contributed by atoms with Gasteiger partial charge in [0.2, 0.25) is 3.79 Å². The van der Waals surface area contributed by atoms with Crippen molar-refractivity contribution < 1.29 is 8.77 Å². The largest absolute Gasteiger partial charge is 0.338 e. The minimum atomic E-state index is -1.58. The lowest BCUT2D eigenvalue weighted by Gasteiger charge is -2.04. The standard InChI is InChI=1S/C8H4Cl4N2O2S/c9-8(10,11)7-13-5-2-1-4(17-16-15-12)3-6(5)14-7/h1-3H,(H,13,14). The third-order valence-corrected chi connectivity index (χ3v) is 3.13. The van der Waals surface area contributed by atoms with E-state index in [0.717, 1.165) is 22.5 Å². The van der Waals surface area contributed by atoms with E-state index in [2.05, 4.69) is 18.7 Å². The van der Waals surface area contributed by atoms with E-state index >= 15 is 0 Å². The van der Waals surface area contributed by atoms with Crippen molar-refractivity contribution in [3.63, 3.8) is 0 Å². The Bertz CT molecular complexity index is 528. The summed E-state index contributed by atoms with van der Waals surface area (Å²) in [6, 6.07) is 5.29. The fourth-order valence-electron chi connectivity index (χ4n) is 1.23. The van der Waals surface area contributed by atoms with Crippen molar-refractivity contribution >= 4 is 69.7 Å². The van der Waals surface area contributed by atoms with Gasteiger partial charge in [0.25, 0.3) is 0 Å². The van der Waals surface area contributed by atoms with Crippen LogP contribution in [-0.4, -0.2) is 9.97 Å². The number of rotatable bonds is 3. The summed E-state index contributed by atoms with van der Waals surface area (Å²) in [5, 5.41) is 0. The number of fused-ring (bicyclic) bond motifs is 1. The van der Waals surface area contributed by atoms with Crippen LogP contribution in [0.3, 0.4) is 0 Å². The number of alkyl halides is 3. The lowest BCUT2D eigenvalue weighted by molar-refractivity contribution is -0.0684. The first kappa shape index (κ1) is 13.5. The number of imidazole rings is 1. The Morgan fingerprint density at radius 3 is 2.71 bits per heavy atom. The summed E-state index contributed by atoms with van der Waals surface area (Å²) in [5.74, 6) is 0.258. The van der Waals surface area contributed by atoms with Gasteiger partial charge in [-0.25, -0.2) is 4.98 Å². The molecule has 17 heavy (non-hydrogen) atoms. The highest BCUT2D eigenvalue weighted by Gasteiger charge is 2.26. The van der Waals surface area contributed by atoms with E-state index in [4.69, 9.17) is 46.7 Å². The number of aromatic amines is 1. The maximum absolute atomic E-state index is 5.72. The Kier molecular flexibility index (Phi) is 4.31. The van der Waals surface area contributed by atoms with Crippen molar-refractivity contribution in [1.82, 2.24) is 9.97 Å². The highest BCUT2D eigenvalue weighted by molar-refractivity contribution is 7.94. The third kappa shape index (κ3) is 3.32. The van der Waals surface area contributed by atoms with E-state index in [-0.39, 0.29) is 5.82 Å². The maximum atomic E-state index is 5.72. The number of H-pyrrole nitrogens is 1. The zero-order valence-electron chi connectivity index (χ0n) is 7.92. The van der Waals surface area contributed by atoms with Crippen molar-refractivity contribution in [1.29, 1.82) is 0 Å². The molecule has 92 valence electrons. The van der Waals surface area contributed by atoms with Gasteiger partial charge in [-0.2, -0.15) is 0 Å². The van der Waals surface area contributed by atoms with Gasteiger partial charge in [-0.15, -0.1) is 8.77 Å². The molecule has 1 aromatic carbocycles. The smallest absolute Gasteiger partial charge is 0.248 e. The molecule has 0 unspecified atom stereocenters. The number of halogens is 4. The van der Waals surface area contributed by atoms with Gasteiger partial charge >= 0.3 is 0 Å². The highest BCUT2D eigenvalue weighted by Crippen LogP contribution is 2.37. The molecule has 0 aliphatic carbocycles. The zero-order chi connectivity index (χ0) is 12.5.